The summed E-state index contributed by atoms with van der Waals surface area (Å²) in [6.45, 7) is 5.36. The summed E-state index contributed by atoms with van der Waals surface area (Å²) in [5.74, 6) is 1.04. The molecule has 0 aliphatic carbocycles. The van der Waals surface area contributed by atoms with Crippen molar-refractivity contribution in [1.82, 2.24) is 0 Å². The average Bonchev–Trinajstić information content (AvgIpc) is 2.44. The number of unbranched alkanes of at least 4 members (excludes halogenated alkanes) is 6. The Morgan fingerprint density at radius 2 is 1.45 bits per heavy atom. The molecule has 22 heavy (non-hydrogen) atoms. The van der Waals surface area contributed by atoms with Gasteiger partial charge in [0.25, 0.3) is 0 Å². The quantitative estimate of drug-likeness (QED) is 0.379. The van der Waals surface area contributed by atoms with E-state index in [2.05, 4.69) is 38.1 Å². The molecule has 0 aliphatic rings. The van der Waals surface area contributed by atoms with E-state index in [0.29, 0.717) is 0 Å². The van der Waals surface area contributed by atoms with Crippen LogP contribution in [0.15, 0.2) is 24.3 Å². The zero-order chi connectivity index (χ0) is 13.8. The Hall–Kier alpha value is 0.366. The fourth-order valence-electron chi connectivity index (χ4n) is 2.24. The normalized spacial score (nSPS) is 9.18. The van der Waals surface area contributed by atoms with Gasteiger partial charge in [-0.1, -0.05) is 64.5 Å². The third kappa shape index (κ3) is 14.0. The van der Waals surface area contributed by atoms with Gasteiger partial charge in [-0.15, -0.1) is 0 Å². The minimum atomic E-state index is 0. The van der Waals surface area contributed by atoms with E-state index in [1.165, 1.54) is 63.4 Å². The van der Waals surface area contributed by atoms with Crippen molar-refractivity contribution in [3.63, 3.8) is 0 Å². The van der Waals surface area contributed by atoms with E-state index >= 15 is 0 Å². The molecule has 0 atom stereocenters. The van der Waals surface area contributed by atoms with Crippen LogP contribution >= 0.6 is 0 Å². The van der Waals surface area contributed by atoms with Gasteiger partial charge < -0.3 is 29.6 Å². The van der Waals surface area contributed by atoms with Crippen LogP contribution < -0.4 is 29.6 Å². The molecule has 0 amide bonds. The van der Waals surface area contributed by atoms with E-state index in [1.807, 2.05) is 0 Å². The van der Waals surface area contributed by atoms with E-state index in [-0.39, 0.29) is 47.9 Å². The molecule has 1 aromatic rings. The van der Waals surface area contributed by atoms with Crippen LogP contribution in [0.25, 0.3) is 0 Å². The molecule has 124 valence electrons. The summed E-state index contributed by atoms with van der Waals surface area (Å²) in [5.41, 5.74) is 1.40. The van der Waals surface area contributed by atoms with Crippen LogP contribution in [0.3, 0.4) is 0 Å². The number of hydrogen-bond donors (Lipinski definition) is 0. The summed E-state index contributed by atoms with van der Waals surface area (Å²) in [7, 11) is 0. The maximum absolute atomic E-state index is 5.83. The Morgan fingerprint density at radius 3 is 2.14 bits per heavy atom. The predicted molar refractivity (Wildman–Crippen MR) is 89.7 cm³/mol. The summed E-state index contributed by atoms with van der Waals surface area (Å²) >= 11 is 0. The zero-order valence-electron chi connectivity index (χ0n) is 14.3. The van der Waals surface area contributed by atoms with E-state index in [9.17, 15) is 0 Å². The van der Waals surface area contributed by atoms with Gasteiger partial charge in [-0.2, -0.15) is 0 Å². The molecule has 0 bridgehead atoms. The van der Waals surface area contributed by atoms with Crippen molar-refractivity contribution in [2.45, 2.75) is 71.6 Å². The Morgan fingerprint density at radius 1 is 0.818 bits per heavy atom. The topological polar surface area (TPSA) is 9.23 Å². The summed E-state index contributed by atoms with van der Waals surface area (Å²) in [6, 6.07) is 8.59. The second-order valence-corrected chi connectivity index (χ2v) is 5.37. The van der Waals surface area contributed by atoms with Crippen molar-refractivity contribution in [3.8, 4) is 5.75 Å². The van der Waals surface area contributed by atoms with Crippen LogP contribution in [0.5, 0.6) is 5.75 Å². The Kier molecular flexibility index (Phi) is 24.0. The number of hydrogen-bond acceptors (Lipinski definition) is 1. The van der Waals surface area contributed by atoms with E-state index in [0.717, 1.165) is 12.4 Å². The standard InChI is InChI=1S/C18H30O.2ClH.Mg/c1-3-5-7-8-9-10-15-19-18-14-11-13-17(16-18)12-6-4-2;;;/h11,13-14,16H,3-10,12,15H2,1-2H3;2*1H;/q;;;+2/p-2. The zero-order valence-corrected chi connectivity index (χ0v) is 17.2. The Balaban J connectivity index is -0.00000120. The van der Waals surface area contributed by atoms with Gasteiger partial charge in [0, 0.05) is 0 Å². The van der Waals surface area contributed by atoms with Crippen LogP contribution in [0.4, 0.5) is 0 Å². The minimum absolute atomic E-state index is 0. The van der Waals surface area contributed by atoms with Crippen LogP contribution in [0.1, 0.15) is 70.8 Å². The molecular weight excluding hydrogens is 327 g/mol. The van der Waals surface area contributed by atoms with Gasteiger partial charge in [0.15, 0.2) is 0 Å². The van der Waals surface area contributed by atoms with Crippen molar-refractivity contribution in [3.05, 3.63) is 29.8 Å². The third-order valence-corrected chi connectivity index (χ3v) is 3.48. The van der Waals surface area contributed by atoms with Crippen molar-refractivity contribution in [2.75, 3.05) is 6.61 Å². The van der Waals surface area contributed by atoms with Crippen molar-refractivity contribution < 1.29 is 29.6 Å². The summed E-state index contributed by atoms with van der Waals surface area (Å²) in [6.07, 6.45) is 11.6. The van der Waals surface area contributed by atoms with Crippen molar-refractivity contribution in [1.29, 1.82) is 0 Å². The summed E-state index contributed by atoms with van der Waals surface area (Å²) in [4.78, 5) is 0. The number of rotatable bonds is 11. The molecule has 0 spiro atoms. The maximum atomic E-state index is 5.83. The summed E-state index contributed by atoms with van der Waals surface area (Å²) < 4.78 is 5.83. The van der Waals surface area contributed by atoms with E-state index in [4.69, 9.17) is 4.74 Å². The van der Waals surface area contributed by atoms with Gasteiger partial charge in [-0.05, 0) is 37.0 Å². The predicted octanol–water partition coefficient (Wildman–Crippen LogP) is -0.604. The molecule has 1 rings (SSSR count). The molecule has 4 heteroatoms. The van der Waals surface area contributed by atoms with Crippen molar-refractivity contribution >= 4 is 23.1 Å². The Bertz CT molecular complexity index is 335. The molecule has 0 aromatic heterocycles. The summed E-state index contributed by atoms with van der Waals surface area (Å²) in [5, 5.41) is 0. The fourth-order valence-corrected chi connectivity index (χ4v) is 2.24. The van der Waals surface area contributed by atoms with Gasteiger partial charge in [-0.25, -0.2) is 0 Å². The molecule has 0 radical (unpaired) electrons. The third-order valence-electron chi connectivity index (χ3n) is 3.48. The van der Waals surface area contributed by atoms with E-state index < -0.39 is 0 Å². The molecule has 0 N–H and O–H groups in total. The first kappa shape index (κ1) is 27.2. The van der Waals surface area contributed by atoms with Crippen LogP contribution in [-0.4, -0.2) is 29.7 Å². The molecule has 0 saturated carbocycles. The Labute approximate surface area is 166 Å². The second-order valence-electron chi connectivity index (χ2n) is 5.37. The van der Waals surface area contributed by atoms with Crippen LogP contribution in [-0.2, 0) is 6.42 Å². The second kappa shape index (κ2) is 19.4. The molecule has 1 aromatic carbocycles. The molecular formula is C18H30Cl2MgO. The first-order valence-corrected chi connectivity index (χ1v) is 8.08. The van der Waals surface area contributed by atoms with Gasteiger partial charge in [0.2, 0.25) is 0 Å². The fraction of sp³-hybridized carbons (Fsp3) is 0.667. The molecule has 0 saturated heterocycles. The molecule has 0 aliphatic heterocycles. The maximum Gasteiger partial charge on any atom is 2.00 e. The molecule has 1 nitrogen and oxygen atoms in total. The molecule has 0 fully saturated rings. The number of aryl methyl sites for hydroxylation is 1. The van der Waals surface area contributed by atoms with Gasteiger partial charge in [-0.3, -0.25) is 0 Å². The minimum Gasteiger partial charge on any atom is -1.00 e. The van der Waals surface area contributed by atoms with Gasteiger partial charge >= 0.3 is 23.1 Å². The molecule has 0 unspecified atom stereocenters. The smallest absolute Gasteiger partial charge is 1.00 e. The molecule has 0 heterocycles. The first-order valence-electron chi connectivity index (χ1n) is 8.08. The van der Waals surface area contributed by atoms with Crippen LogP contribution in [0, 0.1) is 0 Å². The average molecular weight is 358 g/mol. The number of ether oxygens (including phenoxy) is 1. The van der Waals surface area contributed by atoms with E-state index in [1.54, 1.807) is 0 Å². The number of benzene rings is 1. The van der Waals surface area contributed by atoms with Gasteiger partial charge in [0.1, 0.15) is 5.75 Å². The van der Waals surface area contributed by atoms with Gasteiger partial charge in [0.05, 0.1) is 6.61 Å². The number of halogens is 2. The monoisotopic (exact) mass is 356 g/mol. The SMILES string of the molecule is CCCCCCCCOc1cccc(CCCC)c1.[Cl-].[Cl-].[Mg+2]. The first-order chi connectivity index (χ1) is 9.36. The largest absolute Gasteiger partial charge is 2.00 e. The van der Waals surface area contributed by atoms with Crippen molar-refractivity contribution in [2.24, 2.45) is 0 Å². The van der Waals surface area contributed by atoms with Crippen LogP contribution in [0.2, 0.25) is 0 Å².